The number of halogens is 4. The number of hydrogen-bond acceptors (Lipinski definition) is 6. The van der Waals surface area contributed by atoms with Gasteiger partial charge < -0.3 is 5.32 Å². The average Bonchev–Trinajstić information content (AvgIpc) is 3.50. The van der Waals surface area contributed by atoms with Crippen LogP contribution in [0.2, 0.25) is 5.02 Å². The highest BCUT2D eigenvalue weighted by Crippen LogP contribution is 2.35. The zero-order valence-corrected chi connectivity index (χ0v) is 25.0. The predicted octanol–water partition coefficient (Wildman–Crippen LogP) is 6.88. The third kappa shape index (κ3) is 6.10. The van der Waals surface area contributed by atoms with E-state index in [-0.39, 0.29) is 23.2 Å². The van der Waals surface area contributed by atoms with E-state index in [4.69, 9.17) is 11.6 Å². The predicted molar refractivity (Wildman–Crippen MR) is 163 cm³/mol. The lowest BCUT2D eigenvalue weighted by Gasteiger charge is -2.23. The molecule has 0 aliphatic carbocycles. The number of alkyl halides is 3. The minimum absolute atomic E-state index is 0.0801. The molecule has 2 bridgehead atoms. The molecule has 1 amide bonds. The fraction of sp³-hybridized carbons (Fsp3) is 0.250. The summed E-state index contributed by atoms with van der Waals surface area (Å²) in [5.41, 5.74) is 3.21. The Morgan fingerprint density at radius 3 is 2.60 bits per heavy atom. The van der Waals surface area contributed by atoms with Crippen LogP contribution in [0.3, 0.4) is 0 Å². The minimum Gasteiger partial charge on any atom is -0.325 e. The summed E-state index contributed by atoms with van der Waals surface area (Å²) >= 11 is 6.25. The van der Waals surface area contributed by atoms with E-state index in [9.17, 15) is 22.8 Å². The standard InChI is InChI=1S/C32H27ClF3N7O2/c1-18-5-3-7-23-30(18)20-11-12-37-25(13-20)27(8-4-6-19(2)31(45)39-23)42-17-38-24(15-29(42)44)22-14-21(33)9-10-26(22)43-16-28(40-41-43)32(34,35)36/h3,5,7,9-17,19,27H,4,6,8H2,1-2H3,(H,39,45). The molecule has 1 N–H and O–H groups in total. The molecule has 2 unspecified atom stereocenters. The molecule has 0 saturated carbocycles. The Kier molecular flexibility index (Phi) is 8.00. The lowest BCUT2D eigenvalue weighted by atomic mass is 9.93. The molecule has 0 radical (unpaired) electrons. The van der Waals surface area contributed by atoms with E-state index in [0.29, 0.717) is 41.2 Å². The molecule has 0 saturated heterocycles. The van der Waals surface area contributed by atoms with Crippen molar-refractivity contribution in [2.24, 2.45) is 5.92 Å². The Bertz CT molecular complexity index is 1970. The molecular weight excluding hydrogens is 607 g/mol. The average molecular weight is 634 g/mol. The normalized spacial score (nSPS) is 17.2. The van der Waals surface area contributed by atoms with Crippen LogP contribution in [0.5, 0.6) is 0 Å². The zero-order chi connectivity index (χ0) is 31.9. The van der Waals surface area contributed by atoms with Crippen LogP contribution >= 0.6 is 11.6 Å². The van der Waals surface area contributed by atoms with Crippen LogP contribution < -0.4 is 10.9 Å². The Hall–Kier alpha value is -4.84. The van der Waals surface area contributed by atoms with E-state index in [0.717, 1.165) is 27.6 Å². The molecule has 2 aromatic carbocycles. The first-order chi connectivity index (χ1) is 21.5. The second-order valence-electron chi connectivity index (χ2n) is 11.0. The fourth-order valence-corrected chi connectivity index (χ4v) is 5.76. The number of fused-ring (bicyclic) bond motifs is 4. The summed E-state index contributed by atoms with van der Waals surface area (Å²) in [6.07, 6.45) is 0.910. The lowest BCUT2D eigenvalue weighted by Crippen LogP contribution is -2.27. The van der Waals surface area contributed by atoms with Crippen LogP contribution in [0, 0.1) is 12.8 Å². The first kappa shape index (κ1) is 30.2. The maximum Gasteiger partial charge on any atom is 0.436 e. The number of hydrogen-bond donors (Lipinski definition) is 1. The third-order valence-electron chi connectivity index (χ3n) is 7.94. The van der Waals surface area contributed by atoms with Gasteiger partial charge in [-0.3, -0.25) is 19.1 Å². The number of carbonyl (C=O) groups excluding carboxylic acids is 1. The van der Waals surface area contributed by atoms with Crippen molar-refractivity contribution in [2.75, 3.05) is 5.32 Å². The molecule has 9 nitrogen and oxygen atoms in total. The van der Waals surface area contributed by atoms with Crippen molar-refractivity contribution in [3.63, 3.8) is 0 Å². The molecule has 0 fully saturated rings. The summed E-state index contributed by atoms with van der Waals surface area (Å²) in [6.45, 7) is 3.85. The number of nitrogens with one attached hydrogen (secondary N) is 1. The second-order valence-corrected chi connectivity index (χ2v) is 11.5. The summed E-state index contributed by atoms with van der Waals surface area (Å²) < 4.78 is 42.1. The number of nitrogens with zero attached hydrogens (tertiary/aromatic N) is 6. The number of anilines is 1. The van der Waals surface area contributed by atoms with Gasteiger partial charge in [0.25, 0.3) is 5.56 Å². The molecule has 3 aromatic heterocycles. The van der Waals surface area contributed by atoms with Crippen molar-refractivity contribution >= 4 is 23.2 Å². The molecule has 2 atom stereocenters. The molecule has 230 valence electrons. The summed E-state index contributed by atoms with van der Waals surface area (Å²) in [5, 5.41) is 10.2. The number of aryl methyl sites for hydroxylation is 1. The lowest BCUT2D eigenvalue weighted by molar-refractivity contribution is -0.141. The molecule has 6 rings (SSSR count). The van der Waals surface area contributed by atoms with Crippen molar-refractivity contribution < 1.29 is 18.0 Å². The Morgan fingerprint density at radius 2 is 1.84 bits per heavy atom. The molecule has 4 heterocycles. The van der Waals surface area contributed by atoms with E-state index in [1.165, 1.54) is 35.2 Å². The van der Waals surface area contributed by atoms with Crippen LogP contribution in [0.15, 0.2) is 78.1 Å². The van der Waals surface area contributed by atoms with Gasteiger partial charge in [-0.1, -0.05) is 42.3 Å². The number of amides is 1. The summed E-state index contributed by atoms with van der Waals surface area (Å²) in [7, 11) is 0. The van der Waals surface area contributed by atoms with Crippen molar-refractivity contribution in [2.45, 2.75) is 45.3 Å². The number of carbonyl (C=O) groups is 1. The van der Waals surface area contributed by atoms with Crippen LogP contribution in [-0.2, 0) is 11.0 Å². The molecule has 0 spiro atoms. The van der Waals surface area contributed by atoms with E-state index >= 15 is 0 Å². The van der Waals surface area contributed by atoms with Gasteiger partial charge in [0.2, 0.25) is 5.91 Å². The summed E-state index contributed by atoms with van der Waals surface area (Å²) in [5.74, 6) is -0.346. The first-order valence-corrected chi connectivity index (χ1v) is 14.6. The number of pyridine rings is 1. The fourth-order valence-electron chi connectivity index (χ4n) is 5.59. The van der Waals surface area contributed by atoms with Crippen LogP contribution in [-0.4, -0.2) is 35.4 Å². The molecule has 13 heteroatoms. The van der Waals surface area contributed by atoms with Gasteiger partial charge in [-0.2, -0.15) is 13.2 Å². The van der Waals surface area contributed by atoms with E-state index < -0.39 is 23.5 Å². The highest BCUT2D eigenvalue weighted by atomic mass is 35.5. The Labute approximate surface area is 260 Å². The van der Waals surface area contributed by atoms with Crippen LogP contribution in [0.25, 0.3) is 28.1 Å². The second kappa shape index (κ2) is 11.9. The van der Waals surface area contributed by atoms with E-state index in [1.54, 1.807) is 6.20 Å². The van der Waals surface area contributed by atoms with Gasteiger partial charge in [-0.25, -0.2) is 9.67 Å². The first-order valence-electron chi connectivity index (χ1n) is 14.2. The van der Waals surface area contributed by atoms with Gasteiger partial charge in [0.1, 0.15) is 0 Å². The highest BCUT2D eigenvalue weighted by Gasteiger charge is 2.35. The molecule has 45 heavy (non-hydrogen) atoms. The number of benzene rings is 2. The highest BCUT2D eigenvalue weighted by molar-refractivity contribution is 6.31. The van der Waals surface area contributed by atoms with Gasteiger partial charge in [-0.15, -0.1) is 5.10 Å². The summed E-state index contributed by atoms with van der Waals surface area (Å²) in [6, 6.07) is 14.8. The molecule has 1 aliphatic rings. The number of aromatic nitrogens is 6. The maximum atomic E-state index is 13.7. The van der Waals surface area contributed by atoms with Crippen molar-refractivity contribution in [3.8, 4) is 28.1 Å². The number of rotatable bonds is 3. The van der Waals surface area contributed by atoms with Crippen molar-refractivity contribution in [1.82, 2.24) is 29.5 Å². The molecular formula is C32H27ClF3N7O2. The third-order valence-corrected chi connectivity index (χ3v) is 8.18. The van der Waals surface area contributed by atoms with Gasteiger partial charge in [0.15, 0.2) is 5.69 Å². The van der Waals surface area contributed by atoms with Crippen LogP contribution in [0.1, 0.15) is 49.2 Å². The monoisotopic (exact) mass is 633 g/mol. The van der Waals surface area contributed by atoms with E-state index in [2.05, 4.69) is 25.6 Å². The quantitative estimate of drug-likeness (QED) is 0.232. The van der Waals surface area contributed by atoms with Gasteiger partial charge >= 0.3 is 6.18 Å². The largest absolute Gasteiger partial charge is 0.436 e. The Balaban J connectivity index is 1.43. The van der Waals surface area contributed by atoms with Crippen molar-refractivity contribution in [3.05, 3.63) is 106 Å². The SMILES string of the molecule is Cc1cccc2c1-c1ccnc(c1)C(n1cnc(-c3cc(Cl)ccc3-n3cc(C(F)(F)F)nn3)cc1=O)CCCC(C)C(=O)N2. The Morgan fingerprint density at radius 1 is 1.02 bits per heavy atom. The summed E-state index contributed by atoms with van der Waals surface area (Å²) in [4.78, 5) is 36.0. The molecule has 5 aromatic rings. The van der Waals surface area contributed by atoms with E-state index in [1.807, 2.05) is 44.2 Å². The van der Waals surface area contributed by atoms with Gasteiger partial charge in [-0.05, 0) is 67.3 Å². The van der Waals surface area contributed by atoms with Gasteiger partial charge in [0, 0.05) is 40.0 Å². The van der Waals surface area contributed by atoms with Gasteiger partial charge in [0.05, 0.1) is 35.6 Å². The van der Waals surface area contributed by atoms with Crippen molar-refractivity contribution in [1.29, 1.82) is 0 Å². The smallest absolute Gasteiger partial charge is 0.325 e. The van der Waals surface area contributed by atoms with Crippen LogP contribution in [0.4, 0.5) is 18.9 Å². The zero-order valence-electron chi connectivity index (χ0n) is 24.2. The maximum absolute atomic E-state index is 13.7. The minimum atomic E-state index is -4.68. The molecule has 1 aliphatic heterocycles. The topological polar surface area (TPSA) is 108 Å².